The highest BCUT2D eigenvalue weighted by Gasteiger charge is 2.13. The molecule has 0 aromatic rings. The average molecular weight is 579 g/mol. The molecule has 0 aliphatic carbocycles. The Balaban J connectivity index is 4.03. The van der Waals surface area contributed by atoms with Gasteiger partial charge in [-0.3, -0.25) is 9.59 Å². The zero-order chi connectivity index (χ0) is 30.2. The highest BCUT2D eigenvalue weighted by molar-refractivity contribution is 5.69. The van der Waals surface area contributed by atoms with Crippen LogP contribution in [0.15, 0.2) is 24.3 Å². The standard InChI is InChI=1S/C36H66O5/c1-3-5-7-9-15-21-27-33(37)28-22-16-11-14-20-26-32-36(40)41-34(29-23-17-10-8-6-4-2)30-24-18-12-13-19-25-31-35(38)39/h15,17,21,23,33-34,37H,3-14,16,18-20,22,24-32H2,1-2H3,(H,38,39)/b21-15-,23-17-. The van der Waals surface area contributed by atoms with Gasteiger partial charge in [0.05, 0.1) is 6.10 Å². The second kappa shape index (κ2) is 31.3. The minimum atomic E-state index is -0.708. The normalized spacial score (nSPS) is 13.2. The first-order chi connectivity index (χ1) is 20.0. The third-order valence-corrected chi connectivity index (χ3v) is 7.72. The van der Waals surface area contributed by atoms with Crippen molar-refractivity contribution in [1.29, 1.82) is 0 Å². The number of carbonyl (C=O) groups is 2. The van der Waals surface area contributed by atoms with E-state index in [0.717, 1.165) is 116 Å². The maximum atomic E-state index is 12.5. The lowest BCUT2D eigenvalue weighted by Gasteiger charge is -2.17. The number of carboxylic acids is 1. The van der Waals surface area contributed by atoms with E-state index in [4.69, 9.17) is 9.84 Å². The van der Waals surface area contributed by atoms with Gasteiger partial charge in [0.15, 0.2) is 0 Å². The number of hydrogen-bond donors (Lipinski definition) is 2. The summed E-state index contributed by atoms with van der Waals surface area (Å²) in [7, 11) is 0. The van der Waals surface area contributed by atoms with Crippen molar-refractivity contribution in [3.8, 4) is 0 Å². The summed E-state index contributed by atoms with van der Waals surface area (Å²) in [5, 5.41) is 18.9. The van der Waals surface area contributed by atoms with Crippen molar-refractivity contribution in [2.75, 3.05) is 0 Å². The number of allylic oxidation sites excluding steroid dienone is 2. The molecule has 0 aliphatic rings. The Hall–Kier alpha value is -1.62. The molecule has 240 valence electrons. The van der Waals surface area contributed by atoms with Crippen LogP contribution in [-0.2, 0) is 14.3 Å². The molecule has 2 unspecified atom stereocenters. The average Bonchev–Trinajstić information content (AvgIpc) is 2.94. The van der Waals surface area contributed by atoms with E-state index < -0.39 is 5.97 Å². The SMILES string of the molecule is CCCCC/C=C\CC(O)CCCCCCCCC(=O)OC(C/C=C\CCCCC)CCCCCCCCC(=O)O. The number of aliphatic hydroxyl groups excluding tert-OH is 1. The predicted octanol–water partition coefficient (Wildman–Crippen LogP) is 10.6. The van der Waals surface area contributed by atoms with E-state index in [9.17, 15) is 14.7 Å². The summed E-state index contributed by atoms with van der Waals surface area (Å²) in [5.74, 6) is -0.769. The van der Waals surface area contributed by atoms with Gasteiger partial charge in [-0.25, -0.2) is 0 Å². The minimum absolute atomic E-state index is 0.0328. The molecule has 41 heavy (non-hydrogen) atoms. The van der Waals surface area contributed by atoms with E-state index in [1.807, 2.05) is 0 Å². The van der Waals surface area contributed by atoms with Crippen LogP contribution >= 0.6 is 0 Å². The van der Waals surface area contributed by atoms with E-state index in [-0.39, 0.29) is 24.6 Å². The monoisotopic (exact) mass is 578 g/mol. The molecule has 0 bridgehead atoms. The van der Waals surface area contributed by atoms with Gasteiger partial charge in [0, 0.05) is 19.3 Å². The van der Waals surface area contributed by atoms with Crippen LogP contribution < -0.4 is 0 Å². The largest absolute Gasteiger partial charge is 0.481 e. The molecule has 5 heteroatoms. The summed E-state index contributed by atoms with van der Waals surface area (Å²) in [6, 6.07) is 0. The van der Waals surface area contributed by atoms with Crippen LogP contribution in [-0.4, -0.2) is 34.4 Å². The zero-order valence-electron chi connectivity index (χ0n) is 27.0. The van der Waals surface area contributed by atoms with Gasteiger partial charge < -0.3 is 14.9 Å². The number of rotatable bonds is 31. The first-order valence-electron chi connectivity index (χ1n) is 17.4. The molecule has 0 rings (SSSR count). The van der Waals surface area contributed by atoms with Crippen LogP contribution in [0, 0.1) is 0 Å². The Bertz CT molecular complexity index is 642. The van der Waals surface area contributed by atoms with E-state index >= 15 is 0 Å². The molecule has 0 spiro atoms. The molecule has 0 amide bonds. The smallest absolute Gasteiger partial charge is 0.306 e. The Morgan fingerprint density at radius 3 is 1.63 bits per heavy atom. The van der Waals surface area contributed by atoms with Crippen LogP contribution in [0.3, 0.4) is 0 Å². The molecule has 0 aliphatic heterocycles. The number of aliphatic hydroxyl groups is 1. The maximum absolute atomic E-state index is 12.5. The van der Waals surface area contributed by atoms with E-state index in [2.05, 4.69) is 38.2 Å². The Morgan fingerprint density at radius 2 is 1.07 bits per heavy atom. The van der Waals surface area contributed by atoms with E-state index in [0.29, 0.717) is 6.42 Å². The van der Waals surface area contributed by atoms with Crippen molar-refractivity contribution in [3.05, 3.63) is 24.3 Å². The van der Waals surface area contributed by atoms with Gasteiger partial charge >= 0.3 is 11.9 Å². The zero-order valence-corrected chi connectivity index (χ0v) is 27.0. The number of unbranched alkanes of at least 4 members (excludes halogenated alkanes) is 16. The lowest BCUT2D eigenvalue weighted by Crippen LogP contribution is -2.17. The van der Waals surface area contributed by atoms with Gasteiger partial charge in [0.2, 0.25) is 0 Å². The molecule has 0 aromatic heterocycles. The Morgan fingerprint density at radius 1 is 0.585 bits per heavy atom. The number of carbonyl (C=O) groups excluding carboxylic acids is 1. The van der Waals surface area contributed by atoms with Gasteiger partial charge in [0.25, 0.3) is 0 Å². The molecule has 0 radical (unpaired) electrons. The third-order valence-electron chi connectivity index (χ3n) is 7.72. The summed E-state index contributed by atoms with van der Waals surface area (Å²) < 4.78 is 5.89. The maximum Gasteiger partial charge on any atom is 0.306 e. The van der Waals surface area contributed by atoms with Gasteiger partial charge in [0.1, 0.15) is 6.10 Å². The number of aliphatic carboxylic acids is 1. The Labute approximate surface area is 253 Å². The fraction of sp³-hybridized carbons (Fsp3) is 0.833. The molecular formula is C36H66O5. The van der Waals surface area contributed by atoms with Crippen LogP contribution in [0.2, 0.25) is 0 Å². The van der Waals surface area contributed by atoms with Crippen molar-refractivity contribution in [3.63, 3.8) is 0 Å². The number of hydrogen-bond acceptors (Lipinski definition) is 4. The van der Waals surface area contributed by atoms with E-state index in [1.165, 1.54) is 38.5 Å². The van der Waals surface area contributed by atoms with E-state index in [1.54, 1.807) is 0 Å². The van der Waals surface area contributed by atoms with Crippen molar-refractivity contribution >= 4 is 11.9 Å². The molecule has 0 saturated carbocycles. The lowest BCUT2D eigenvalue weighted by molar-refractivity contribution is -0.149. The summed E-state index contributed by atoms with van der Waals surface area (Å²) >= 11 is 0. The number of carboxylic acid groups (broad SMARTS) is 1. The fourth-order valence-electron chi connectivity index (χ4n) is 5.06. The quantitative estimate of drug-likeness (QED) is 0.0485. The first-order valence-corrected chi connectivity index (χ1v) is 17.4. The second-order valence-electron chi connectivity index (χ2n) is 11.9. The highest BCUT2D eigenvalue weighted by Crippen LogP contribution is 2.17. The lowest BCUT2D eigenvalue weighted by atomic mass is 10.0. The molecule has 0 saturated heterocycles. The number of esters is 1. The van der Waals surface area contributed by atoms with Gasteiger partial charge in [-0.1, -0.05) is 122 Å². The van der Waals surface area contributed by atoms with Gasteiger partial charge in [-0.15, -0.1) is 0 Å². The van der Waals surface area contributed by atoms with Crippen molar-refractivity contribution < 1.29 is 24.5 Å². The second-order valence-corrected chi connectivity index (χ2v) is 11.9. The predicted molar refractivity (Wildman–Crippen MR) is 173 cm³/mol. The minimum Gasteiger partial charge on any atom is -0.481 e. The molecule has 2 N–H and O–H groups in total. The van der Waals surface area contributed by atoms with Crippen LogP contribution in [0.1, 0.15) is 181 Å². The van der Waals surface area contributed by atoms with Crippen molar-refractivity contribution in [2.45, 2.75) is 193 Å². The molecule has 0 fully saturated rings. The van der Waals surface area contributed by atoms with Gasteiger partial charge in [-0.2, -0.15) is 0 Å². The number of ether oxygens (including phenoxy) is 1. The van der Waals surface area contributed by atoms with Crippen molar-refractivity contribution in [2.24, 2.45) is 0 Å². The summed E-state index contributed by atoms with van der Waals surface area (Å²) in [6.07, 6.45) is 34.9. The van der Waals surface area contributed by atoms with Crippen molar-refractivity contribution in [1.82, 2.24) is 0 Å². The topological polar surface area (TPSA) is 83.8 Å². The molecule has 0 heterocycles. The highest BCUT2D eigenvalue weighted by atomic mass is 16.5. The first kappa shape index (κ1) is 39.4. The van der Waals surface area contributed by atoms with Gasteiger partial charge in [-0.05, 0) is 64.2 Å². The summed E-state index contributed by atoms with van der Waals surface area (Å²) in [5.41, 5.74) is 0. The molecule has 5 nitrogen and oxygen atoms in total. The molecule has 2 atom stereocenters. The molecular weight excluding hydrogens is 512 g/mol. The fourth-order valence-corrected chi connectivity index (χ4v) is 5.06. The van der Waals surface area contributed by atoms with Crippen LogP contribution in [0.5, 0.6) is 0 Å². The third kappa shape index (κ3) is 31.2. The van der Waals surface area contributed by atoms with Crippen LogP contribution in [0.4, 0.5) is 0 Å². The van der Waals surface area contributed by atoms with Crippen LogP contribution in [0.25, 0.3) is 0 Å². The Kier molecular flexibility index (Phi) is 30.1. The summed E-state index contributed by atoms with van der Waals surface area (Å²) in [4.78, 5) is 23.1. The molecule has 0 aromatic carbocycles. The summed E-state index contributed by atoms with van der Waals surface area (Å²) in [6.45, 7) is 4.43.